The number of aromatic carboxylic acids is 1. The maximum atomic E-state index is 11.9. The molecular formula is C14H17ClN2O3S. The summed E-state index contributed by atoms with van der Waals surface area (Å²) in [4.78, 5) is 22.9. The Morgan fingerprint density at radius 2 is 2.10 bits per heavy atom. The average Bonchev–Trinajstić information content (AvgIpc) is 2.48. The van der Waals surface area contributed by atoms with E-state index in [-0.39, 0.29) is 11.5 Å². The van der Waals surface area contributed by atoms with Gasteiger partial charge in [-0.3, -0.25) is 4.79 Å². The highest BCUT2D eigenvalue weighted by Crippen LogP contribution is 2.24. The van der Waals surface area contributed by atoms with Crippen LogP contribution in [-0.4, -0.2) is 41.1 Å². The Hall–Kier alpha value is -1.24. The van der Waals surface area contributed by atoms with E-state index in [0.717, 1.165) is 25.9 Å². The summed E-state index contributed by atoms with van der Waals surface area (Å²) in [6, 6.07) is 4.25. The van der Waals surface area contributed by atoms with E-state index in [4.69, 9.17) is 16.7 Å². The normalized spacial score (nSPS) is 15.7. The molecule has 1 aromatic carbocycles. The van der Waals surface area contributed by atoms with E-state index in [1.54, 1.807) is 11.8 Å². The van der Waals surface area contributed by atoms with Crippen LogP contribution in [0.15, 0.2) is 18.2 Å². The lowest BCUT2D eigenvalue weighted by Crippen LogP contribution is -2.30. The highest BCUT2D eigenvalue weighted by molar-refractivity contribution is 8.00. The van der Waals surface area contributed by atoms with Crippen molar-refractivity contribution in [2.45, 2.75) is 18.1 Å². The Balaban J connectivity index is 1.89. The summed E-state index contributed by atoms with van der Waals surface area (Å²) in [6.07, 6.45) is 2.13. The van der Waals surface area contributed by atoms with E-state index in [0.29, 0.717) is 21.7 Å². The molecule has 1 amide bonds. The molecule has 0 bridgehead atoms. The van der Waals surface area contributed by atoms with Gasteiger partial charge >= 0.3 is 5.97 Å². The van der Waals surface area contributed by atoms with Crippen LogP contribution in [0.4, 0.5) is 5.69 Å². The molecule has 21 heavy (non-hydrogen) atoms. The van der Waals surface area contributed by atoms with Crippen LogP contribution in [0.2, 0.25) is 5.02 Å². The lowest BCUT2D eigenvalue weighted by Gasteiger charge is -2.21. The number of piperidine rings is 1. The molecular weight excluding hydrogens is 312 g/mol. The van der Waals surface area contributed by atoms with Gasteiger partial charge in [-0.15, -0.1) is 11.8 Å². The van der Waals surface area contributed by atoms with Crippen molar-refractivity contribution in [1.29, 1.82) is 0 Å². The third-order valence-corrected chi connectivity index (χ3v) is 4.92. The molecule has 0 aromatic heterocycles. The first-order valence-corrected chi connectivity index (χ1v) is 8.14. The Bertz CT molecular complexity index is 533. The Morgan fingerprint density at radius 3 is 2.76 bits per heavy atom. The van der Waals surface area contributed by atoms with Crippen LogP contribution >= 0.6 is 23.4 Å². The first kappa shape index (κ1) is 16.1. The van der Waals surface area contributed by atoms with Crippen molar-refractivity contribution >= 4 is 40.9 Å². The lowest BCUT2D eigenvalue weighted by molar-refractivity contribution is -0.113. The zero-order valence-electron chi connectivity index (χ0n) is 11.4. The van der Waals surface area contributed by atoms with Crippen molar-refractivity contribution in [1.82, 2.24) is 5.32 Å². The van der Waals surface area contributed by atoms with E-state index in [1.165, 1.54) is 18.2 Å². The fourth-order valence-corrected chi connectivity index (χ4v) is 3.29. The molecule has 0 saturated carbocycles. The van der Waals surface area contributed by atoms with Crippen molar-refractivity contribution in [2.75, 3.05) is 24.2 Å². The molecule has 1 fully saturated rings. The number of anilines is 1. The molecule has 3 N–H and O–H groups in total. The maximum absolute atomic E-state index is 11.9. The van der Waals surface area contributed by atoms with Gasteiger partial charge in [-0.1, -0.05) is 11.6 Å². The number of hydrogen-bond donors (Lipinski definition) is 3. The van der Waals surface area contributed by atoms with Crippen LogP contribution in [0.25, 0.3) is 0 Å². The molecule has 5 nitrogen and oxygen atoms in total. The second kappa shape index (κ2) is 7.68. The summed E-state index contributed by atoms with van der Waals surface area (Å²) >= 11 is 7.60. The Morgan fingerprint density at radius 1 is 1.38 bits per heavy atom. The first-order valence-electron chi connectivity index (χ1n) is 6.71. The first-order chi connectivity index (χ1) is 10.1. The summed E-state index contributed by atoms with van der Waals surface area (Å²) in [5.41, 5.74) is 0.438. The van der Waals surface area contributed by atoms with Crippen molar-refractivity contribution in [3.8, 4) is 0 Å². The van der Waals surface area contributed by atoms with Crippen molar-refractivity contribution < 1.29 is 14.7 Å². The molecule has 1 heterocycles. The highest BCUT2D eigenvalue weighted by Gasteiger charge is 2.16. The Labute approximate surface area is 132 Å². The predicted octanol–water partition coefficient (Wildman–Crippen LogP) is 2.46. The molecule has 0 unspecified atom stereocenters. The molecule has 0 spiro atoms. The SMILES string of the molecule is O=C(CSC1CCNCC1)Nc1cc(C(=O)O)ccc1Cl. The number of nitrogens with one attached hydrogen (secondary N) is 2. The fourth-order valence-electron chi connectivity index (χ4n) is 2.10. The molecule has 0 aliphatic carbocycles. The zero-order chi connectivity index (χ0) is 15.2. The van der Waals surface area contributed by atoms with Crippen LogP contribution in [0, 0.1) is 0 Å². The molecule has 1 aliphatic heterocycles. The van der Waals surface area contributed by atoms with Crippen LogP contribution in [0.3, 0.4) is 0 Å². The van der Waals surface area contributed by atoms with Gasteiger partial charge in [0.2, 0.25) is 5.91 Å². The van der Waals surface area contributed by atoms with Crippen LogP contribution in [-0.2, 0) is 4.79 Å². The third kappa shape index (κ3) is 4.91. The number of halogens is 1. The lowest BCUT2D eigenvalue weighted by atomic mass is 10.2. The van der Waals surface area contributed by atoms with Gasteiger partial charge in [0.1, 0.15) is 0 Å². The number of carboxylic acids is 1. The van der Waals surface area contributed by atoms with Crippen LogP contribution in [0.1, 0.15) is 23.2 Å². The minimum Gasteiger partial charge on any atom is -0.478 e. The maximum Gasteiger partial charge on any atom is 0.335 e. The van der Waals surface area contributed by atoms with Crippen molar-refractivity contribution in [3.63, 3.8) is 0 Å². The molecule has 1 aromatic rings. The van der Waals surface area contributed by atoms with E-state index < -0.39 is 5.97 Å². The zero-order valence-corrected chi connectivity index (χ0v) is 13.0. The fraction of sp³-hybridized carbons (Fsp3) is 0.429. The average molecular weight is 329 g/mol. The standard InChI is InChI=1S/C14H17ClN2O3S/c15-11-2-1-9(14(19)20)7-12(11)17-13(18)8-21-10-3-5-16-6-4-10/h1-2,7,10,16H,3-6,8H2,(H,17,18)(H,19,20). The number of carbonyl (C=O) groups is 2. The molecule has 7 heteroatoms. The van der Waals surface area contributed by atoms with Gasteiger partial charge in [0, 0.05) is 5.25 Å². The van der Waals surface area contributed by atoms with Gasteiger partial charge in [0.15, 0.2) is 0 Å². The second-order valence-corrected chi connectivity index (χ2v) is 6.50. The Kier molecular flexibility index (Phi) is 5.90. The molecule has 114 valence electrons. The summed E-state index contributed by atoms with van der Waals surface area (Å²) in [5, 5.41) is 15.7. The number of carboxylic acid groups (broad SMARTS) is 1. The smallest absolute Gasteiger partial charge is 0.335 e. The summed E-state index contributed by atoms with van der Waals surface area (Å²) in [5.74, 6) is -0.868. The quantitative estimate of drug-likeness (QED) is 0.774. The minimum atomic E-state index is -1.05. The number of thioether (sulfide) groups is 1. The third-order valence-electron chi connectivity index (χ3n) is 3.22. The number of amides is 1. The largest absolute Gasteiger partial charge is 0.478 e. The summed E-state index contributed by atoms with van der Waals surface area (Å²) in [7, 11) is 0. The predicted molar refractivity (Wildman–Crippen MR) is 85.4 cm³/mol. The van der Waals surface area contributed by atoms with Gasteiger partial charge in [-0.05, 0) is 44.1 Å². The number of hydrogen-bond acceptors (Lipinski definition) is 4. The van der Waals surface area contributed by atoms with Gasteiger partial charge < -0.3 is 15.7 Å². The van der Waals surface area contributed by atoms with Gasteiger partial charge in [-0.25, -0.2) is 4.79 Å². The van der Waals surface area contributed by atoms with E-state index in [2.05, 4.69) is 10.6 Å². The van der Waals surface area contributed by atoms with E-state index >= 15 is 0 Å². The van der Waals surface area contributed by atoms with Gasteiger partial charge in [0.25, 0.3) is 0 Å². The molecule has 1 saturated heterocycles. The van der Waals surface area contributed by atoms with Crippen molar-refractivity contribution in [3.05, 3.63) is 28.8 Å². The van der Waals surface area contributed by atoms with Crippen LogP contribution < -0.4 is 10.6 Å². The topological polar surface area (TPSA) is 78.4 Å². The molecule has 0 atom stereocenters. The van der Waals surface area contributed by atoms with Crippen LogP contribution in [0.5, 0.6) is 0 Å². The highest BCUT2D eigenvalue weighted by atomic mass is 35.5. The van der Waals surface area contributed by atoms with Gasteiger partial charge in [0.05, 0.1) is 22.0 Å². The van der Waals surface area contributed by atoms with Gasteiger partial charge in [-0.2, -0.15) is 0 Å². The summed E-state index contributed by atoms with van der Waals surface area (Å²) in [6.45, 7) is 1.98. The molecule has 1 aliphatic rings. The summed E-state index contributed by atoms with van der Waals surface area (Å²) < 4.78 is 0. The molecule has 2 rings (SSSR count). The minimum absolute atomic E-state index is 0.0979. The van der Waals surface area contributed by atoms with E-state index in [9.17, 15) is 9.59 Å². The van der Waals surface area contributed by atoms with E-state index in [1.807, 2.05) is 0 Å². The monoisotopic (exact) mass is 328 g/mol. The number of rotatable bonds is 5. The number of benzene rings is 1. The molecule has 0 radical (unpaired) electrons. The number of carbonyl (C=O) groups excluding carboxylic acids is 1. The van der Waals surface area contributed by atoms with Crippen molar-refractivity contribution in [2.24, 2.45) is 0 Å². The second-order valence-electron chi connectivity index (χ2n) is 4.81.